The first-order valence-corrected chi connectivity index (χ1v) is 15.9. The molecule has 0 radical (unpaired) electrons. The van der Waals surface area contributed by atoms with E-state index in [4.69, 9.17) is 9.72 Å². The summed E-state index contributed by atoms with van der Waals surface area (Å²) in [7, 11) is 0. The van der Waals surface area contributed by atoms with Gasteiger partial charge in [-0.1, -0.05) is 18.2 Å². The van der Waals surface area contributed by atoms with Gasteiger partial charge in [0.2, 0.25) is 0 Å². The van der Waals surface area contributed by atoms with E-state index in [1.807, 2.05) is 69.6 Å². The van der Waals surface area contributed by atoms with Crippen molar-refractivity contribution in [3.8, 4) is 5.75 Å². The van der Waals surface area contributed by atoms with Gasteiger partial charge in [0.15, 0.2) is 0 Å². The Kier molecular flexibility index (Phi) is 8.73. The molecule has 2 aromatic heterocycles. The molecule has 3 aliphatic heterocycles. The summed E-state index contributed by atoms with van der Waals surface area (Å²) in [6, 6.07) is 14.2. The fourth-order valence-corrected chi connectivity index (χ4v) is 7.03. The number of piperazine rings is 2. The van der Waals surface area contributed by atoms with Gasteiger partial charge in [-0.2, -0.15) is 0 Å². The van der Waals surface area contributed by atoms with Crippen LogP contribution in [-0.4, -0.2) is 109 Å². The zero-order chi connectivity index (χ0) is 28.9. The average Bonchev–Trinajstić information content (AvgIpc) is 3.56. The first kappa shape index (κ1) is 28.3. The topological polar surface area (TPSA) is 85.4 Å². The van der Waals surface area contributed by atoms with Crippen LogP contribution in [0.5, 0.6) is 5.75 Å². The van der Waals surface area contributed by atoms with E-state index >= 15 is 0 Å². The van der Waals surface area contributed by atoms with Crippen molar-refractivity contribution in [3.63, 3.8) is 0 Å². The summed E-state index contributed by atoms with van der Waals surface area (Å²) in [4.78, 5) is 46.1. The number of aromatic nitrogens is 2. The number of para-hydroxylation sites is 2. The Bertz CT molecular complexity index is 1350. The van der Waals surface area contributed by atoms with Crippen LogP contribution in [0, 0.1) is 0 Å². The van der Waals surface area contributed by atoms with E-state index in [-0.39, 0.29) is 17.9 Å². The van der Waals surface area contributed by atoms with Crippen LogP contribution in [0.3, 0.4) is 0 Å². The quantitative estimate of drug-likeness (QED) is 0.429. The molecular weight excluding hydrogens is 550 g/mol. The van der Waals surface area contributed by atoms with Crippen molar-refractivity contribution in [2.45, 2.75) is 25.7 Å². The molecule has 10 nitrogen and oxygen atoms in total. The second-order valence-electron chi connectivity index (χ2n) is 11.0. The molecule has 0 spiro atoms. The molecule has 0 unspecified atom stereocenters. The molecule has 5 heterocycles. The second kappa shape index (κ2) is 13.0. The summed E-state index contributed by atoms with van der Waals surface area (Å²) in [5, 5.41) is 2.92. The minimum atomic E-state index is 0.00713. The molecule has 3 fully saturated rings. The number of hydrogen-bond donors (Lipinski definition) is 0. The first-order chi connectivity index (χ1) is 20.6. The Balaban J connectivity index is 0.971. The van der Waals surface area contributed by atoms with Gasteiger partial charge in [-0.3, -0.25) is 4.79 Å². The molecule has 3 aromatic rings. The fourth-order valence-electron chi connectivity index (χ4n) is 6.07. The van der Waals surface area contributed by atoms with Crippen LogP contribution in [0.4, 0.5) is 16.3 Å². The maximum atomic E-state index is 13.3. The Morgan fingerprint density at radius 1 is 0.833 bits per heavy atom. The average molecular weight is 590 g/mol. The van der Waals surface area contributed by atoms with Crippen molar-refractivity contribution in [1.82, 2.24) is 24.7 Å². The standard InChI is InChI=1S/C31H39N7O3S/c1-2-41-27-8-4-3-7-26(27)34-15-19-36(20-16-34)30(39)25-23-42-29(33-25)24-10-13-37(14-11-24)31(40)38-21-17-35(18-22-38)28-9-5-6-12-32-28/h3-9,12,23-24H,2,10-11,13-22H2,1H3. The highest BCUT2D eigenvalue weighted by atomic mass is 32.1. The van der Waals surface area contributed by atoms with Crippen LogP contribution < -0.4 is 14.5 Å². The number of carbonyl (C=O) groups excluding carboxylic acids is 2. The van der Waals surface area contributed by atoms with E-state index in [2.05, 4.69) is 20.9 Å². The lowest BCUT2D eigenvalue weighted by atomic mass is 9.98. The molecule has 42 heavy (non-hydrogen) atoms. The van der Waals surface area contributed by atoms with Crippen LogP contribution in [0.1, 0.15) is 41.2 Å². The van der Waals surface area contributed by atoms with Gasteiger partial charge in [0.25, 0.3) is 5.91 Å². The molecule has 0 bridgehead atoms. The van der Waals surface area contributed by atoms with Crippen LogP contribution >= 0.6 is 11.3 Å². The SMILES string of the molecule is CCOc1ccccc1N1CCN(C(=O)c2csc(C3CCN(C(=O)N4CCN(c5ccccn5)CC4)CC3)n2)CC1. The number of piperidine rings is 1. The number of likely N-dealkylation sites (tertiary alicyclic amines) is 1. The lowest BCUT2D eigenvalue weighted by Crippen LogP contribution is -2.54. The normalized spacial score (nSPS) is 18.4. The van der Waals surface area contributed by atoms with Gasteiger partial charge < -0.3 is 29.2 Å². The minimum Gasteiger partial charge on any atom is -0.492 e. The van der Waals surface area contributed by atoms with Gasteiger partial charge in [0.05, 0.1) is 17.3 Å². The molecule has 0 N–H and O–H groups in total. The molecule has 11 heteroatoms. The van der Waals surface area contributed by atoms with E-state index in [0.29, 0.717) is 38.5 Å². The maximum Gasteiger partial charge on any atom is 0.320 e. The van der Waals surface area contributed by atoms with E-state index in [1.54, 1.807) is 11.3 Å². The second-order valence-corrected chi connectivity index (χ2v) is 11.8. The summed E-state index contributed by atoms with van der Waals surface area (Å²) < 4.78 is 5.81. The van der Waals surface area contributed by atoms with E-state index in [1.165, 1.54) is 0 Å². The van der Waals surface area contributed by atoms with Crippen molar-refractivity contribution in [3.05, 3.63) is 64.7 Å². The number of carbonyl (C=O) groups is 2. The molecule has 3 aliphatic rings. The fraction of sp³-hybridized carbons (Fsp3) is 0.484. The highest BCUT2D eigenvalue weighted by Gasteiger charge is 2.31. The molecular formula is C31H39N7O3S. The Morgan fingerprint density at radius 3 is 2.21 bits per heavy atom. The van der Waals surface area contributed by atoms with Gasteiger partial charge >= 0.3 is 6.03 Å². The number of ether oxygens (including phenoxy) is 1. The summed E-state index contributed by atoms with van der Waals surface area (Å²) in [6.07, 6.45) is 3.56. The van der Waals surface area contributed by atoms with Crippen LogP contribution in [0.2, 0.25) is 0 Å². The van der Waals surface area contributed by atoms with Crippen molar-refractivity contribution in [2.75, 3.05) is 81.9 Å². The number of hydrogen-bond acceptors (Lipinski definition) is 8. The first-order valence-electron chi connectivity index (χ1n) is 15.0. The van der Waals surface area contributed by atoms with Crippen molar-refractivity contribution in [1.29, 1.82) is 0 Å². The number of benzene rings is 1. The summed E-state index contributed by atoms with van der Waals surface area (Å²) in [5.74, 6) is 2.15. The third-order valence-corrected chi connectivity index (χ3v) is 9.46. The molecule has 0 atom stereocenters. The molecule has 222 valence electrons. The van der Waals surface area contributed by atoms with Crippen LogP contribution in [0.15, 0.2) is 54.0 Å². The van der Waals surface area contributed by atoms with Crippen molar-refractivity contribution < 1.29 is 14.3 Å². The maximum absolute atomic E-state index is 13.3. The number of thiazole rings is 1. The minimum absolute atomic E-state index is 0.00713. The van der Waals surface area contributed by atoms with Gasteiger partial charge in [-0.05, 0) is 44.0 Å². The monoisotopic (exact) mass is 589 g/mol. The van der Waals surface area contributed by atoms with E-state index < -0.39 is 0 Å². The van der Waals surface area contributed by atoms with Gasteiger partial charge in [0.1, 0.15) is 17.3 Å². The van der Waals surface area contributed by atoms with Crippen molar-refractivity contribution >= 4 is 34.8 Å². The van der Waals surface area contributed by atoms with Gasteiger partial charge in [-0.25, -0.2) is 14.8 Å². The highest BCUT2D eigenvalue weighted by molar-refractivity contribution is 7.09. The van der Waals surface area contributed by atoms with E-state index in [0.717, 1.165) is 74.4 Å². The highest BCUT2D eigenvalue weighted by Crippen LogP contribution is 2.32. The number of pyridine rings is 1. The Morgan fingerprint density at radius 2 is 1.50 bits per heavy atom. The number of amides is 3. The number of rotatable bonds is 6. The number of nitrogens with zero attached hydrogens (tertiary/aromatic N) is 7. The molecule has 6 rings (SSSR count). The van der Waals surface area contributed by atoms with Crippen molar-refractivity contribution in [2.24, 2.45) is 0 Å². The molecule has 3 saturated heterocycles. The van der Waals surface area contributed by atoms with Crippen LogP contribution in [-0.2, 0) is 0 Å². The molecule has 3 amide bonds. The lowest BCUT2D eigenvalue weighted by Gasteiger charge is -2.39. The lowest BCUT2D eigenvalue weighted by molar-refractivity contribution is 0.0741. The van der Waals surface area contributed by atoms with Crippen LogP contribution in [0.25, 0.3) is 0 Å². The largest absolute Gasteiger partial charge is 0.492 e. The Hall–Kier alpha value is -3.86. The molecule has 0 saturated carbocycles. The van der Waals surface area contributed by atoms with Gasteiger partial charge in [-0.15, -0.1) is 11.3 Å². The zero-order valence-corrected chi connectivity index (χ0v) is 25.0. The summed E-state index contributed by atoms with van der Waals surface area (Å²) in [5.41, 5.74) is 1.63. The zero-order valence-electron chi connectivity index (χ0n) is 24.2. The third-order valence-electron chi connectivity index (χ3n) is 8.45. The molecule has 1 aromatic carbocycles. The summed E-state index contributed by atoms with van der Waals surface area (Å²) in [6.45, 7) is 9.90. The number of urea groups is 1. The smallest absolute Gasteiger partial charge is 0.320 e. The predicted molar refractivity (Wildman–Crippen MR) is 165 cm³/mol. The Labute approximate surface area is 251 Å². The van der Waals surface area contributed by atoms with Gasteiger partial charge in [0, 0.05) is 82.9 Å². The third kappa shape index (κ3) is 6.16. The number of anilines is 2. The van der Waals surface area contributed by atoms with E-state index in [9.17, 15) is 9.59 Å². The summed E-state index contributed by atoms with van der Waals surface area (Å²) >= 11 is 1.58. The predicted octanol–water partition coefficient (Wildman–Crippen LogP) is 4.02. The molecule has 0 aliphatic carbocycles.